The van der Waals surface area contributed by atoms with E-state index in [2.05, 4.69) is 5.16 Å². The van der Waals surface area contributed by atoms with E-state index < -0.39 is 0 Å². The zero-order valence-corrected chi connectivity index (χ0v) is 12.5. The molecule has 6 heteroatoms. The van der Waals surface area contributed by atoms with Crippen LogP contribution in [-0.2, 0) is 11.2 Å². The van der Waals surface area contributed by atoms with Gasteiger partial charge in [0.1, 0.15) is 5.84 Å². The number of rotatable bonds is 6. The molecule has 0 heterocycles. The number of hydrogen-bond donors (Lipinski definition) is 2. The van der Waals surface area contributed by atoms with E-state index in [0.717, 1.165) is 5.56 Å². The highest BCUT2D eigenvalue weighted by molar-refractivity contribution is 6.31. The van der Waals surface area contributed by atoms with Crippen molar-refractivity contribution in [3.05, 3.63) is 34.9 Å². The van der Waals surface area contributed by atoms with Crippen LogP contribution >= 0.6 is 11.6 Å². The van der Waals surface area contributed by atoms with Crippen LogP contribution in [0.1, 0.15) is 25.8 Å². The van der Waals surface area contributed by atoms with E-state index in [0.29, 0.717) is 18.0 Å². The van der Waals surface area contributed by atoms with Crippen molar-refractivity contribution in [1.29, 1.82) is 0 Å². The number of nitrogens with zero attached hydrogens (tertiary/aromatic N) is 2. The normalized spacial score (nSPS) is 11.7. The Morgan fingerprint density at radius 1 is 1.45 bits per heavy atom. The van der Waals surface area contributed by atoms with Gasteiger partial charge in [-0.25, -0.2) is 0 Å². The number of oxime groups is 1. The predicted octanol–water partition coefficient (Wildman–Crippen LogP) is 2.26. The van der Waals surface area contributed by atoms with Gasteiger partial charge in [0.15, 0.2) is 0 Å². The second-order valence-electron chi connectivity index (χ2n) is 4.79. The lowest BCUT2D eigenvalue weighted by Gasteiger charge is -2.26. The first kappa shape index (κ1) is 16.3. The summed E-state index contributed by atoms with van der Waals surface area (Å²) in [5.41, 5.74) is 6.24. The summed E-state index contributed by atoms with van der Waals surface area (Å²) in [6.45, 7) is 4.27. The maximum atomic E-state index is 12.3. The summed E-state index contributed by atoms with van der Waals surface area (Å²) in [5, 5.41) is 12.0. The average Bonchev–Trinajstić information content (AvgIpc) is 2.41. The van der Waals surface area contributed by atoms with Crippen molar-refractivity contribution in [1.82, 2.24) is 4.90 Å². The lowest BCUT2D eigenvalue weighted by Crippen LogP contribution is -2.40. The summed E-state index contributed by atoms with van der Waals surface area (Å²) in [4.78, 5) is 14.0. The Morgan fingerprint density at radius 3 is 2.65 bits per heavy atom. The van der Waals surface area contributed by atoms with Crippen molar-refractivity contribution in [2.75, 3.05) is 6.54 Å². The number of nitrogens with two attached hydrogens (primary N) is 1. The number of carbonyl (C=O) groups is 1. The van der Waals surface area contributed by atoms with Crippen molar-refractivity contribution in [3.8, 4) is 0 Å². The van der Waals surface area contributed by atoms with Gasteiger partial charge in [-0.2, -0.15) is 0 Å². The van der Waals surface area contributed by atoms with Gasteiger partial charge in [0, 0.05) is 24.0 Å². The maximum absolute atomic E-state index is 12.3. The third-order valence-electron chi connectivity index (χ3n) is 2.98. The highest BCUT2D eigenvalue weighted by Crippen LogP contribution is 2.17. The van der Waals surface area contributed by atoms with Crippen molar-refractivity contribution >= 4 is 23.3 Å². The molecule has 0 aliphatic rings. The zero-order valence-electron chi connectivity index (χ0n) is 11.7. The summed E-state index contributed by atoms with van der Waals surface area (Å²) >= 11 is 6.06. The van der Waals surface area contributed by atoms with Gasteiger partial charge in [0.2, 0.25) is 5.91 Å². The average molecular weight is 298 g/mol. The molecule has 5 nitrogen and oxygen atoms in total. The largest absolute Gasteiger partial charge is 0.409 e. The molecule has 1 aromatic rings. The molecule has 0 saturated carbocycles. The Labute approximate surface area is 124 Å². The molecule has 3 N–H and O–H groups in total. The fourth-order valence-corrected chi connectivity index (χ4v) is 2.06. The third kappa shape index (κ3) is 4.74. The Balaban J connectivity index is 2.72. The van der Waals surface area contributed by atoms with Crippen LogP contribution in [0.5, 0.6) is 0 Å². The van der Waals surface area contributed by atoms with Crippen LogP contribution in [0.25, 0.3) is 0 Å². The lowest BCUT2D eigenvalue weighted by atomic mass is 10.1. The molecular weight excluding hydrogens is 278 g/mol. The molecule has 110 valence electrons. The number of amides is 1. The Bertz CT molecular complexity index is 489. The number of benzene rings is 1. The summed E-state index contributed by atoms with van der Waals surface area (Å²) in [6.07, 6.45) is 0.580. The first-order valence-corrected chi connectivity index (χ1v) is 6.82. The second kappa shape index (κ2) is 7.75. The van der Waals surface area contributed by atoms with Crippen molar-refractivity contribution in [3.63, 3.8) is 0 Å². The van der Waals surface area contributed by atoms with E-state index >= 15 is 0 Å². The maximum Gasteiger partial charge on any atom is 0.227 e. The van der Waals surface area contributed by atoms with Gasteiger partial charge in [0.25, 0.3) is 0 Å². The number of carbonyl (C=O) groups excluding carboxylic acids is 1. The smallest absolute Gasteiger partial charge is 0.227 e. The first-order chi connectivity index (χ1) is 9.45. The van der Waals surface area contributed by atoms with Crippen molar-refractivity contribution < 1.29 is 10.0 Å². The first-order valence-electron chi connectivity index (χ1n) is 6.45. The molecule has 0 saturated heterocycles. The van der Waals surface area contributed by atoms with E-state index in [4.69, 9.17) is 22.5 Å². The molecule has 0 atom stereocenters. The van der Waals surface area contributed by atoms with Gasteiger partial charge < -0.3 is 15.8 Å². The van der Waals surface area contributed by atoms with Crippen molar-refractivity contribution in [2.45, 2.75) is 32.7 Å². The molecule has 0 unspecified atom stereocenters. The van der Waals surface area contributed by atoms with Crippen LogP contribution < -0.4 is 5.73 Å². The minimum absolute atomic E-state index is 0.0289. The number of halogens is 1. The summed E-state index contributed by atoms with van der Waals surface area (Å²) in [5.74, 6) is 0.0834. The van der Waals surface area contributed by atoms with Crippen LogP contribution in [0.3, 0.4) is 0 Å². The minimum atomic E-state index is -0.0289. The standard InChI is InChI=1S/C14H20ClN3O2/c1-10(2)18(8-7-13(16)17-20)14(19)9-11-5-3-4-6-12(11)15/h3-6,10,20H,7-9H2,1-2H3,(H2,16,17). The molecule has 1 rings (SSSR count). The molecular formula is C14H20ClN3O2. The fourth-order valence-electron chi connectivity index (χ4n) is 1.86. The quantitative estimate of drug-likeness (QED) is 0.366. The van der Waals surface area contributed by atoms with Crippen LogP contribution in [0.2, 0.25) is 5.02 Å². The Hall–Kier alpha value is -1.75. The highest BCUT2D eigenvalue weighted by atomic mass is 35.5. The molecule has 0 aliphatic heterocycles. The predicted molar refractivity (Wildman–Crippen MR) is 80.0 cm³/mol. The van der Waals surface area contributed by atoms with E-state index in [1.165, 1.54) is 0 Å². The molecule has 0 spiro atoms. The molecule has 1 amide bonds. The highest BCUT2D eigenvalue weighted by Gasteiger charge is 2.18. The fraction of sp³-hybridized carbons (Fsp3) is 0.429. The van der Waals surface area contributed by atoms with Gasteiger partial charge >= 0.3 is 0 Å². The number of amidine groups is 1. The van der Waals surface area contributed by atoms with E-state index in [1.54, 1.807) is 11.0 Å². The van der Waals surface area contributed by atoms with E-state index in [-0.39, 0.29) is 24.2 Å². The molecule has 0 aromatic heterocycles. The zero-order chi connectivity index (χ0) is 15.1. The minimum Gasteiger partial charge on any atom is -0.409 e. The molecule has 0 aliphatic carbocycles. The summed E-state index contributed by atoms with van der Waals surface area (Å²) < 4.78 is 0. The van der Waals surface area contributed by atoms with Gasteiger partial charge in [-0.3, -0.25) is 4.79 Å². The number of hydrogen-bond acceptors (Lipinski definition) is 3. The van der Waals surface area contributed by atoms with Gasteiger partial charge in [-0.1, -0.05) is 35.0 Å². The molecule has 0 bridgehead atoms. The van der Waals surface area contributed by atoms with E-state index in [1.807, 2.05) is 32.0 Å². The van der Waals surface area contributed by atoms with Gasteiger partial charge in [0.05, 0.1) is 6.42 Å². The Morgan fingerprint density at radius 2 is 2.10 bits per heavy atom. The van der Waals surface area contributed by atoms with E-state index in [9.17, 15) is 4.79 Å². The molecule has 0 radical (unpaired) electrons. The van der Waals surface area contributed by atoms with Gasteiger partial charge in [-0.15, -0.1) is 0 Å². The topological polar surface area (TPSA) is 78.9 Å². The Kier molecular flexibility index (Phi) is 6.31. The van der Waals surface area contributed by atoms with Crippen LogP contribution in [0, 0.1) is 0 Å². The summed E-state index contributed by atoms with van der Waals surface area (Å²) in [7, 11) is 0. The van der Waals surface area contributed by atoms with Crippen LogP contribution in [0.4, 0.5) is 0 Å². The SMILES string of the molecule is CC(C)N(CCC(N)=NO)C(=O)Cc1ccccc1Cl. The summed E-state index contributed by atoms with van der Waals surface area (Å²) in [6, 6.07) is 7.32. The monoisotopic (exact) mass is 297 g/mol. The van der Waals surface area contributed by atoms with Gasteiger partial charge in [-0.05, 0) is 25.5 Å². The van der Waals surface area contributed by atoms with Crippen LogP contribution in [-0.4, -0.2) is 34.4 Å². The molecule has 20 heavy (non-hydrogen) atoms. The second-order valence-corrected chi connectivity index (χ2v) is 5.20. The third-order valence-corrected chi connectivity index (χ3v) is 3.35. The molecule has 0 fully saturated rings. The lowest BCUT2D eigenvalue weighted by molar-refractivity contribution is -0.132. The molecule has 1 aromatic carbocycles. The van der Waals surface area contributed by atoms with Crippen LogP contribution in [0.15, 0.2) is 29.4 Å². The van der Waals surface area contributed by atoms with Crippen molar-refractivity contribution in [2.24, 2.45) is 10.9 Å².